The molecular weight excluding hydrogens is 348 g/mol. The Morgan fingerprint density at radius 1 is 0.964 bits per heavy atom. The van der Waals surface area contributed by atoms with E-state index >= 15 is 0 Å². The van der Waals surface area contributed by atoms with Crippen LogP contribution in [0.4, 0.5) is 5.69 Å². The lowest BCUT2D eigenvalue weighted by Crippen LogP contribution is -2.29. The monoisotopic (exact) mass is 374 g/mol. The fourth-order valence-electron chi connectivity index (χ4n) is 3.73. The molecule has 2 aromatic carbocycles. The molecule has 28 heavy (non-hydrogen) atoms. The average Bonchev–Trinajstić information content (AvgIpc) is 3.22. The highest BCUT2D eigenvalue weighted by Gasteiger charge is 2.11. The average molecular weight is 374 g/mol. The van der Waals surface area contributed by atoms with E-state index in [2.05, 4.69) is 27.3 Å². The van der Waals surface area contributed by atoms with Crippen molar-refractivity contribution in [1.82, 2.24) is 14.5 Å². The normalized spacial score (nSPS) is 14.7. The summed E-state index contributed by atoms with van der Waals surface area (Å²) in [5.74, 6) is -0.0809. The number of anilines is 1. The predicted octanol–water partition coefficient (Wildman–Crippen LogP) is 4.17. The van der Waals surface area contributed by atoms with E-state index in [9.17, 15) is 4.79 Å². The van der Waals surface area contributed by atoms with Crippen molar-refractivity contribution in [2.24, 2.45) is 0 Å². The van der Waals surface area contributed by atoms with Crippen LogP contribution in [-0.2, 0) is 13.1 Å². The second kappa shape index (κ2) is 8.85. The molecule has 0 radical (unpaired) electrons. The first kappa shape index (κ1) is 18.4. The van der Waals surface area contributed by atoms with E-state index in [-0.39, 0.29) is 5.91 Å². The van der Waals surface area contributed by atoms with Crippen molar-refractivity contribution in [1.29, 1.82) is 0 Å². The molecule has 5 heteroatoms. The number of likely N-dealkylation sites (tertiary alicyclic amines) is 1. The number of nitrogens with one attached hydrogen (secondary N) is 1. The topological polar surface area (TPSA) is 50.2 Å². The van der Waals surface area contributed by atoms with Crippen molar-refractivity contribution in [3.05, 3.63) is 83.9 Å². The maximum Gasteiger partial charge on any atom is 0.255 e. The minimum Gasteiger partial charge on any atom is -0.333 e. The fraction of sp³-hybridized carbons (Fsp3) is 0.304. The largest absolute Gasteiger partial charge is 0.333 e. The maximum absolute atomic E-state index is 12.7. The number of hydrogen-bond acceptors (Lipinski definition) is 3. The molecule has 144 valence electrons. The molecule has 1 aliphatic rings. The van der Waals surface area contributed by atoms with Crippen LogP contribution in [-0.4, -0.2) is 33.4 Å². The smallest absolute Gasteiger partial charge is 0.255 e. The zero-order valence-corrected chi connectivity index (χ0v) is 16.1. The second-order valence-electron chi connectivity index (χ2n) is 7.43. The van der Waals surface area contributed by atoms with Crippen LogP contribution in [0.15, 0.2) is 67.3 Å². The van der Waals surface area contributed by atoms with Crippen molar-refractivity contribution >= 4 is 11.6 Å². The van der Waals surface area contributed by atoms with E-state index in [1.54, 1.807) is 12.5 Å². The summed E-state index contributed by atoms with van der Waals surface area (Å²) in [5, 5.41) is 3.05. The minimum atomic E-state index is -0.0809. The Labute approximate surface area is 166 Å². The van der Waals surface area contributed by atoms with Crippen LogP contribution in [0.5, 0.6) is 0 Å². The van der Waals surface area contributed by atoms with Gasteiger partial charge in [0, 0.05) is 36.7 Å². The Balaban J connectivity index is 1.41. The first-order valence-corrected chi connectivity index (χ1v) is 9.94. The summed E-state index contributed by atoms with van der Waals surface area (Å²) in [6, 6.07) is 15.9. The van der Waals surface area contributed by atoms with Crippen molar-refractivity contribution in [3.63, 3.8) is 0 Å². The van der Waals surface area contributed by atoms with Crippen LogP contribution in [0.1, 0.15) is 40.7 Å². The Kier molecular flexibility index (Phi) is 5.83. The number of carbonyl (C=O) groups is 1. The summed E-state index contributed by atoms with van der Waals surface area (Å²) >= 11 is 0. The van der Waals surface area contributed by atoms with E-state index in [0.717, 1.165) is 17.8 Å². The van der Waals surface area contributed by atoms with Crippen LogP contribution in [0.2, 0.25) is 0 Å². The van der Waals surface area contributed by atoms with E-state index < -0.39 is 0 Å². The summed E-state index contributed by atoms with van der Waals surface area (Å²) in [6.07, 6.45) is 9.36. The number of aromatic nitrogens is 2. The highest BCUT2D eigenvalue weighted by atomic mass is 16.1. The molecule has 0 spiro atoms. The molecule has 2 heterocycles. The Bertz CT molecular complexity index is 914. The van der Waals surface area contributed by atoms with E-state index in [1.165, 1.54) is 37.9 Å². The van der Waals surface area contributed by atoms with Crippen molar-refractivity contribution in [3.8, 4) is 0 Å². The third kappa shape index (κ3) is 4.87. The molecule has 0 saturated carbocycles. The number of piperidine rings is 1. The summed E-state index contributed by atoms with van der Waals surface area (Å²) in [7, 11) is 0. The number of hydrogen-bond donors (Lipinski definition) is 1. The van der Waals surface area contributed by atoms with Gasteiger partial charge in [0.1, 0.15) is 0 Å². The van der Waals surface area contributed by atoms with E-state index in [0.29, 0.717) is 12.1 Å². The van der Waals surface area contributed by atoms with Crippen molar-refractivity contribution < 1.29 is 4.79 Å². The summed E-state index contributed by atoms with van der Waals surface area (Å²) in [6.45, 7) is 3.98. The number of rotatable bonds is 6. The van der Waals surface area contributed by atoms with Gasteiger partial charge in [-0.1, -0.05) is 30.7 Å². The highest BCUT2D eigenvalue weighted by Crippen LogP contribution is 2.17. The number of nitrogens with zero attached hydrogens (tertiary/aromatic N) is 3. The van der Waals surface area contributed by atoms with E-state index in [4.69, 9.17) is 0 Å². The van der Waals surface area contributed by atoms with Gasteiger partial charge in [-0.05, 0) is 61.3 Å². The van der Waals surface area contributed by atoms with Crippen molar-refractivity contribution in [2.45, 2.75) is 32.4 Å². The van der Waals surface area contributed by atoms with Gasteiger partial charge >= 0.3 is 0 Å². The van der Waals surface area contributed by atoms with Gasteiger partial charge in [0.25, 0.3) is 5.91 Å². The molecule has 0 unspecified atom stereocenters. The van der Waals surface area contributed by atoms with Gasteiger partial charge in [0.2, 0.25) is 0 Å². The zero-order valence-electron chi connectivity index (χ0n) is 16.1. The lowest BCUT2D eigenvalue weighted by Gasteiger charge is -2.26. The molecule has 1 fully saturated rings. The van der Waals surface area contributed by atoms with Crippen molar-refractivity contribution in [2.75, 3.05) is 18.4 Å². The molecule has 3 aromatic rings. The van der Waals surface area contributed by atoms with Crippen LogP contribution >= 0.6 is 0 Å². The highest BCUT2D eigenvalue weighted by molar-refractivity contribution is 6.04. The van der Waals surface area contributed by atoms with Gasteiger partial charge < -0.3 is 9.88 Å². The third-order valence-electron chi connectivity index (χ3n) is 5.15. The lowest BCUT2D eigenvalue weighted by molar-refractivity contribution is 0.102. The first-order valence-electron chi connectivity index (χ1n) is 9.94. The fourth-order valence-corrected chi connectivity index (χ4v) is 3.73. The Morgan fingerprint density at radius 2 is 1.75 bits per heavy atom. The number of amides is 1. The van der Waals surface area contributed by atoms with Gasteiger partial charge in [-0.25, -0.2) is 4.98 Å². The predicted molar refractivity (Wildman–Crippen MR) is 111 cm³/mol. The molecule has 1 aliphatic heterocycles. The van der Waals surface area contributed by atoms with Gasteiger partial charge in [-0.2, -0.15) is 0 Å². The summed E-state index contributed by atoms with van der Waals surface area (Å²) in [5.41, 5.74) is 3.83. The van der Waals surface area contributed by atoms with Crippen LogP contribution in [0.25, 0.3) is 0 Å². The summed E-state index contributed by atoms with van der Waals surface area (Å²) < 4.78 is 1.99. The molecule has 0 aliphatic carbocycles. The standard InChI is InChI=1S/C23H26N4O/c28-23(21-8-4-6-19(14-21)17-27-13-10-24-18-27)25-22-9-5-7-20(15-22)16-26-11-2-1-3-12-26/h4-10,13-15,18H,1-3,11-12,16-17H2,(H,25,28). The summed E-state index contributed by atoms with van der Waals surface area (Å²) in [4.78, 5) is 19.3. The maximum atomic E-state index is 12.7. The lowest BCUT2D eigenvalue weighted by atomic mass is 10.1. The molecule has 0 atom stereocenters. The molecular formula is C23H26N4O. The molecule has 1 saturated heterocycles. The van der Waals surface area contributed by atoms with Crippen LogP contribution < -0.4 is 5.32 Å². The first-order chi connectivity index (χ1) is 13.8. The number of imidazole rings is 1. The zero-order chi connectivity index (χ0) is 19.2. The van der Waals surface area contributed by atoms with Gasteiger partial charge in [-0.3, -0.25) is 9.69 Å². The van der Waals surface area contributed by atoms with Crippen LogP contribution in [0.3, 0.4) is 0 Å². The SMILES string of the molecule is O=C(Nc1cccc(CN2CCCCC2)c1)c1cccc(Cn2ccnc2)c1. The van der Waals surface area contributed by atoms with E-state index in [1.807, 2.05) is 47.2 Å². The van der Waals surface area contributed by atoms with Gasteiger partial charge in [-0.15, -0.1) is 0 Å². The molecule has 1 N–H and O–H groups in total. The minimum absolute atomic E-state index is 0.0809. The van der Waals surface area contributed by atoms with Crippen LogP contribution in [0, 0.1) is 0 Å². The molecule has 5 nitrogen and oxygen atoms in total. The third-order valence-corrected chi connectivity index (χ3v) is 5.15. The molecule has 1 aromatic heterocycles. The number of carbonyl (C=O) groups excluding carboxylic acids is 1. The number of benzene rings is 2. The second-order valence-corrected chi connectivity index (χ2v) is 7.43. The molecule has 1 amide bonds. The molecule has 4 rings (SSSR count). The van der Waals surface area contributed by atoms with Gasteiger partial charge in [0.15, 0.2) is 0 Å². The quantitative estimate of drug-likeness (QED) is 0.704. The Hall–Kier alpha value is -2.92. The van der Waals surface area contributed by atoms with Gasteiger partial charge in [0.05, 0.1) is 6.33 Å². The molecule has 0 bridgehead atoms. The Morgan fingerprint density at radius 3 is 2.54 bits per heavy atom.